The van der Waals surface area contributed by atoms with Crippen LogP contribution in [-0.4, -0.2) is 23.4 Å². The summed E-state index contributed by atoms with van der Waals surface area (Å²) in [5.41, 5.74) is 1.14. The van der Waals surface area contributed by atoms with Gasteiger partial charge < -0.3 is 9.68 Å². The van der Waals surface area contributed by atoms with E-state index in [0.29, 0.717) is 24.3 Å². The third kappa shape index (κ3) is 4.20. The van der Waals surface area contributed by atoms with Crippen molar-refractivity contribution < 1.29 is 19.3 Å². The molecule has 6 nitrogen and oxygen atoms in total. The molecule has 0 aliphatic heterocycles. The van der Waals surface area contributed by atoms with Crippen molar-refractivity contribution in [1.29, 1.82) is 0 Å². The summed E-state index contributed by atoms with van der Waals surface area (Å²) < 4.78 is 0. The number of nitrogens with zero attached hydrogens (tertiary/aromatic N) is 2. The molecule has 1 rings (SSSR count). The van der Waals surface area contributed by atoms with Gasteiger partial charge in [-0.25, -0.2) is 9.59 Å². The number of rotatable bonds is 2. The molecule has 1 fully saturated rings. The van der Waals surface area contributed by atoms with Crippen LogP contribution in [0.5, 0.6) is 0 Å². The minimum atomic E-state index is -0.482. The molecule has 0 bridgehead atoms. The summed E-state index contributed by atoms with van der Waals surface area (Å²) in [5, 5.41) is 7.37. The van der Waals surface area contributed by atoms with E-state index >= 15 is 0 Å². The Hall–Kier alpha value is -1.72. The first-order chi connectivity index (χ1) is 7.59. The summed E-state index contributed by atoms with van der Waals surface area (Å²) >= 11 is 0. The molecule has 0 aromatic carbocycles. The lowest BCUT2D eigenvalue weighted by Gasteiger charge is -2.13. The molecule has 88 valence electrons. The van der Waals surface area contributed by atoms with Crippen molar-refractivity contribution in [2.24, 2.45) is 10.3 Å². The molecule has 16 heavy (non-hydrogen) atoms. The number of hydrogen-bond donors (Lipinski definition) is 0. The zero-order valence-electron chi connectivity index (χ0n) is 9.36. The van der Waals surface area contributed by atoms with E-state index in [-0.39, 0.29) is 0 Å². The molecule has 0 unspecified atom stereocenters. The molecule has 0 amide bonds. The molecular formula is C10H14N2O4. The fourth-order valence-electron chi connectivity index (χ4n) is 1.31. The van der Waals surface area contributed by atoms with Crippen LogP contribution in [0, 0.1) is 0 Å². The Balaban J connectivity index is 2.70. The molecule has 1 aliphatic carbocycles. The lowest BCUT2D eigenvalue weighted by molar-refractivity contribution is -0.142. The normalized spacial score (nSPS) is 20.9. The molecule has 6 heteroatoms. The Morgan fingerprint density at radius 1 is 0.938 bits per heavy atom. The van der Waals surface area contributed by atoms with Gasteiger partial charge in [0.05, 0.1) is 0 Å². The van der Waals surface area contributed by atoms with E-state index < -0.39 is 11.9 Å². The highest BCUT2D eigenvalue weighted by Crippen LogP contribution is 2.14. The lowest BCUT2D eigenvalue weighted by Crippen LogP contribution is -2.20. The first-order valence-electron chi connectivity index (χ1n) is 5.09. The summed E-state index contributed by atoms with van der Waals surface area (Å²) in [6.45, 7) is 2.55. The van der Waals surface area contributed by atoms with E-state index in [1.807, 2.05) is 0 Å². The molecule has 0 N–H and O–H groups in total. The second-order valence-corrected chi connectivity index (χ2v) is 3.45. The molecular weight excluding hydrogens is 212 g/mol. The summed E-state index contributed by atoms with van der Waals surface area (Å²) in [7, 11) is 0. The maximum atomic E-state index is 10.6. The predicted octanol–water partition coefficient (Wildman–Crippen LogP) is 1.40. The van der Waals surface area contributed by atoms with Crippen LogP contribution in [0.2, 0.25) is 0 Å². The maximum Gasteiger partial charge on any atom is 0.331 e. The monoisotopic (exact) mass is 226 g/mol. The molecule has 1 aliphatic rings. The minimum Gasteiger partial charge on any atom is -0.318 e. The van der Waals surface area contributed by atoms with Gasteiger partial charge in [-0.15, -0.1) is 0 Å². The lowest BCUT2D eigenvalue weighted by atomic mass is 9.97. The van der Waals surface area contributed by atoms with E-state index in [1.165, 1.54) is 13.8 Å². The van der Waals surface area contributed by atoms with Crippen LogP contribution in [-0.2, 0) is 19.3 Å². The Labute approximate surface area is 93.3 Å². The van der Waals surface area contributed by atoms with Crippen molar-refractivity contribution >= 4 is 23.4 Å². The molecule has 0 aromatic heterocycles. The Morgan fingerprint density at radius 3 is 1.62 bits per heavy atom. The van der Waals surface area contributed by atoms with Crippen LogP contribution in [0.25, 0.3) is 0 Å². The predicted molar refractivity (Wildman–Crippen MR) is 56.9 cm³/mol. The Morgan fingerprint density at radius 2 is 1.31 bits per heavy atom. The van der Waals surface area contributed by atoms with E-state index in [2.05, 4.69) is 20.0 Å². The number of oxime groups is 2. The third-order valence-corrected chi connectivity index (χ3v) is 1.98. The van der Waals surface area contributed by atoms with E-state index in [4.69, 9.17) is 0 Å². The fourth-order valence-corrected chi connectivity index (χ4v) is 1.31. The fraction of sp³-hybridized carbons (Fsp3) is 0.600. The number of carbonyl (C=O) groups is 2. The average Bonchev–Trinajstić information content (AvgIpc) is 2.24. The largest absolute Gasteiger partial charge is 0.331 e. The van der Waals surface area contributed by atoms with Crippen LogP contribution in [0.1, 0.15) is 39.5 Å². The van der Waals surface area contributed by atoms with Crippen LogP contribution in [0.3, 0.4) is 0 Å². The van der Waals surface area contributed by atoms with Gasteiger partial charge in [-0.3, -0.25) is 0 Å². The second kappa shape index (κ2) is 5.99. The summed E-state index contributed by atoms with van der Waals surface area (Å²) in [4.78, 5) is 30.3. The molecule has 0 radical (unpaired) electrons. The molecule has 1 saturated carbocycles. The third-order valence-electron chi connectivity index (χ3n) is 1.98. The molecule has 0 spiro atoms. The highest BCUT2D eigenvalue weighted by Gasteiger charge is 2.17. The van der Waals surface area contributed by atoms with E-state index in [1.54, 1.807) is 0 Å². The van der Waals surface area contributed by atoms with Crippen LogP contribution < -0.4 is 0 Å². The van der Waals surface area contributed by atoms with Gasteiger partial charge in [-0.05, 0) is 25.7 Å². The Bertz CT molecular complexity index is 313. The van der Waals surface area contributed by atoms with Gasteiger partial charge in [0.2, 0.25) is 0 Å². The van der Waals surface area contributed by atoms with Gasteiger partial charge in [-0.1, -0.05) is 10.3 Å². The van der Waals surface area contributed by atoms with Crippen molar-refractivity contribution in [2.75, 3.05) is 0 Å². The van der Waals surface area contributed by atoms with Crippen molar-refractivity contribution in [3.8, 4) is 0 Å². The molecule has 0 saturated heterocycles. The average molecular weight is 226 g/mol. The minimum absolute atomic E-state index is 0.482. The smallest absolute Gasteiger partial charge is 0.318 e. The van der Waals surface area contributed by atoms with E-state index in [0.717, 1.165) is 12.8 Å². The highest BCUT2D eigenvalue weighted by molar-refractivity contribution is 6.42. The SMILES string of the molecule is CC(=O)O/N=C1/CCCC/C1=N/OC(C)=O. The zero-order chi connectivity index (χ0) is 12.0. The van der Waals surface area contributed by atoms with Crippen LogP contribution in [0.15, 0.2) is 10.3 Å². The summed E-state index contributed by atoms with van der Waals surface area (Å²) in [5.74, 6) is -0.963. The van der Waals surface area contributed by atoms with Gasteiger partial charge >= 0.3 is 11.9 Å². The molecule has 0 heterocycles. The van der Waals surface area contributed by atoms with Gasteiger partial charge in [0.25, 0.3) is 0 Å². The van der Waals surface area contributed by atoms with E-state index in [9.17, 15) is 9.59 Å². The highest BCUT2D eigenvalue weighted by atomic mass is 16.7. The molecule has 0 aromatic rings. The topological polar surface area (TPSA) is 77.3 Å². The first kappa shape index (κ1) is 12.4. The van der Waals surface area contributed by atoms with Crippen molar-refractivity contribution in [3.63, 3.8) is 0 Å². The Kier molecular flexibility index (Phi) is 4.63. The summed E-state index contributed by atoms with van der Waals surface area (Å²) in [6, 6.07) is 0. The van der Waals surface area contributed by atoms with Gasteiger partial charge in [-0.2, -0.15) is 0 Å². The number of carbonyl (C=O) groups excluding carboxylic acids is 2. The van der Waals surface area contributed by atoms with Gasteiger partial charge in [0.15, 0.2) is 0 Å². The molecule has 0 atom stereocenters. The van der Waals surface area contributed by atoms with Gasteiger partial charge in [0, 0.05) is 13.8 Å². The maximum absolute atomic E-state index is 10.6. The van der Waals surface area contributed by atoms with Crippen molar-refractivity contribution in [2.45, 2.75) is 39.5 Å². The zero-order valence-corrected chi connectivity index (χ0v) is 9.36. The van der Waals surface area contributed by atoms with Crippen molar-refractivity contribution in [3.05, 3.63) is 0 Å². The van der Waals surface area contributed by atoms with Crippen LogP contribution in [0.4, 0.5) is 0 Å². The standard InChI is InChI=1S/C10H14N2O4/c1-7(13)15-11-9-5-3-4-6-10(9)12-16-8(2)14/h3-6H2,1-2H3/b11-9-,12-10-. The quantitative estimate of drug-likeness (QED) is 0.526. The van der Waals surface area contributed by atoms with Crippen molar-refractivity contribution in [1.82, 2.24) is 0 Å². The first-order valence-corrected chi connectivity index (χ1v) is 5.09. The summed E-state index contributed by atoms with van der Waals surface area (Å²) in [6.07, 6.45) is 3.26. The number of hydrogen-bond acceptors (Lipinski definition) is 6. The van der Waals surface area contributed by atoms with Gasteiger partial charge in [0.1, 0.15) is 11.4 Å². The second-order valence-electron chi connectivity index (χ2n) is 3.45. The van der Waals surface area contributed by atoms with Crippen LogP contribution >= 0.6 is 0 Å².